The van der Waals surface area contributed by atoms with Crippen molar-refractivity contribution >= 4 is 34.3 Å². The maximum atomic E-state index is 13.4. The van der Waals surface area contributed by atoms with Gasteiger partial charge in [0.15, 0.2) is 0 Å². The first-order valence-corrected chi connectivity index (χ1v) is 12.6. The Kier molecular flexibility index (Phi) is 5.34. The molecule has 4 heterocycles. The lowest BCUT2D eigenvalue weighted by molar-refractivity contribution is 0.0730. The summed E-state index contributed by atoms with van der Waals surface area (Å²) in [5.74, 6) is 1.73. The molecule has 1 atom stereocenters. The number of rotatable bonds is 5. The number of pyridine rings is 1. The summed E-state index contributed by atoms with van der Waals surface area (Å²) in [6, 6.07) is 20.1. The number of carbonyl (C=O) groups excluding carboxylic acids is 1. The molecular formula is C27H25N5OS. The Morgan fingerprint density at radius 3 is 2.85 bits per heavy atom. The molecule has 7 heteroatoms. The standard InChI is InChI=1S/C27H25N5OS/c1-18-7-12-22-23(15-18)30-26(29-22)24-5-4-14-32(24)27(33)19-8-10-21(11-9-19)34-17-20-16-31-13-3-2-6-25(31)28-20/h2-3,6-13,15-16,24H,4-5,14,17H2,1H3,(H,29,30). The minimum absolute atomic E-state index is 0.00990. The van der Waals surface area contributed by atoms with Crippen LogP contribution in [0.5, 0.6) is 0 Å². The molecule has 1 fully saturated rings. The van der Waals surface area contributed by atoms with Crippen molar-refractivity contribution in [1.29, 1.82) is 0 Å². The van der Waals surface area contributed by atoms with Crippen molar-refractivity contribution < 1.29 is 4.79 Å². The van der Waals surface area contributed by atoms with Gasteiger partial charge in [-0.05, 0) is 73.9 Å². The predicted octanol–water partition coefficient (Wildman–Crippen LogP) is 5.79. The van der Waals surface area contributed by atoms with Gasteiger partial charge in [-0.25, -0.2) is 9.97 Å². The SMILES string of the molecule is Cc1ccc2nc(C3CCCN3C(=O)c3ccc(SCc4cn5ccccc5n4)cc3)[nH]c2c1. The summed E-state index contributed by atoms with van der Waals surface area (Å²) in [5.41, 5.74) is 5.89. The van der Waals surface area contributed by atoms with E-state index < -0.39 is 0 Å². The van der Waals surface area contributed by atoms with Gasteiger partial charge in [0.2, 0.25) is 0 Å². The van der Waals surface area contributed by atoms with Gasteiger partial charge in [0, 0.05) is 35.2 Å². The second kappa shape index (κ2) is 8.65. The zero-order valence-electron chi connectivity index (χ0n) is 18.9. The largest absolute Gasteiger partial charge is 0.340 e. The molecule has 6 rings (SSSR count). The lowest BCUT2D eigenvalue weighted by atomic mass is 10.1. The normalized spacial score (nSPS) is 16.0. The number of hydrogen-bond donors (Lipinski definition) is 1. The molecule has 2 aromatic carbocycles. The number of nitrogens with one attached hydrogen (secondary N) is 1. The summed E-state index contributed by atoms with van der Waals surface area (Å²) < 4.78 is 2.04. The van der Waals surface area contributed by atoms with Gasteiger partial charge in [-0.3, -0.25) is 4.79 Å². The lowest BCUT2D eigenvalue weighted by Crippen LogP contribution is -2.31. The van der Waals surface area contributed by atoms with Crippen LogP contribution in [0.15, 0.2) is 78.0 Å². The van der Waals surface area contributed by atoms with Crippen LogP contribution in [0.4, 0.5) is 0 Å². The fraction of sp³-hybridized carbons (Fsp3) is 0.222. The Labute approximate surface area is 202 Å². The maximum absolute atomic E-state index is 13.4. The summed E-state index contributed by atoms with van der Waals surface area (Å²) >= 11 is 1.73. The zero-order chi connectivity index (χ0) is 23.1. The average molecular weight is 468 g/mol. The highest BCUT2D eigenvalue weighted by atomic mass is 32.2. The van der Waals surface area contributed by atoms with Crippen LogP contribution in [0.2, 0.25) is 0 Å². The number of aryl methyl sites for hydroxylation is 1. The van der Waals surface area contributed by atoms with Gasteiger partial charge in [-0.1, -0.05) is 12.1 Å². The van der Waals surface area contributed by atoms with Crippen LogP contribution >= 0.6 is 11.8 Å². The monoisotopic (exact) mass is 467 g/mol. The molecule has 0 saturated carbocycles. The number of amides is 1. The average Bonchev–Trinajstić information content (AvgIpc) is 3.59. The second-order valence-corrected chi connectivity index (χ2v) is 9.86. The first kappa shape index (κ1) is 21.0. The minimum atomic E-state index is -0.00990. The Bertz CT molecular complexity index is 1450. The Morgan fingerprint density at radius 2 is 2.00 bits per heavy atom. The highest BCUT2D eigenvalue weighted by Gasteiger charge is 2.32. The van der Waals surface area contributed by atoms with E-state index in [9.17, 15) is 4.79 Å². The molecule has 1 saturated heterocycles. The van der Waals surface area contributed by atoms with Crippen molar-refractivity contribution in [2.24, 2.45) is 0 Å². The first-order valence-electron chi connectivity index (χ1n) is 11.6. The van der Waals surface area contributed by atoms with Crippen molar-refractivity contribution in [3.8, 4) is 0 Å². The summed E-state index contributed by atoms with van der Waals surface area (Å²) in [4.78, 5) is 29.3. The third-order valence-corrected chi connectivity index (χ3v) is 7.43. The molecule has 0 aliphatic carbocycles. The molecule has 170 valence electrons. The van der Waals surface area contributed by atoms with Crippen molar-refractivity contribution in [2.45, 2.75) is 36.5 Å². The number of carbonyl (C=O) groups is 1. The molecule has 0 bridgehead atoms. The van der Waals surface area contributed by atoms with Crippen LogP contribution in [0.3, 0.4) is 0 Å². The third-order valence-electron chi connectivity index (χ3n) is 6.39. The summed E-state index contributed by atoms with van der Waals surface area (Å²) in [5, 5.41) is 0. The van der Waals surface area contributed by atoms with Crippen LogP contribution in [-0.4, -0.2) is 36.7 Å². The predicted molar refractivity (Wildman–Crippen MR) is 135 cm³/mol. The number of imidazole rings is 2. The highest BCUT2D eigenvalue weighted by Crippen LogP contribution is 2.33. The van der Waals surface area contributed by atoms with E-state index in [1.165, 1.54) is 5.56 Å². The van der Waals surface area contributed by atoms with Crippen molar-refractivity contribution in [3.05, 3.63) is 95.7 Å². The van der Waals surface area contributed by atoms with Crippen molar-refractivity contribution in [3.63, 3.8) is 0 Å². The van der Waals surface area contributed by atoms with Crippen LogP contribution in [-0.2, 0) is 5.75 Å². The molecule has 0 radical (unpaired) electrons. The number of benzene rings is 2. The number of H-pyrrole nitrogens is 1. The smallest absolute Gasteiger partial charge is 0.254 e. The molecule has 1 N–H and O–H groups in total. The van der Waals surface area contributed by atoms with E-state index in [0.717, 1.165) is 63.8 Å². The van der Waals surface area contributed by atoms with E-state index in [-0.39, 0.29) is 11.9 Å². The number of nitrogens with zero attached hydrogens (tertiary/aromatic N) is 4. The van der Waals surface area contributed by atoms with Crippen LogP contribution < -0.4 is 0 Å². The number of hydrogen-bond acceptors (Lipinski definition) is 4. The van der Waals surface area contributed by atoms with Crippen LogP contribution in [0, 0.1) is 6.92 Å². The maximum Gasteiger partial charge on any atom is 0.254 e. The first-order chi connectivity index (χ1) is 16.6. The number of likely N-dealkylation sites (tertiary alicyclic amines) is 1. The molecule has 1 aliphatic heterocycles. The van der Waals surface area contributed by atoms with E-state index in [1.54, 1.807) is 11.8 Å². The fourth-order valence-electron chi connectivity index (χ4n) is 4.67. The van der Waals surface area contributed by atoms with Crippen LogP contribution in [0.1, 0.15) is 46.3 Å². The highest BCUT2D eigenvalue weighted by molar-refractivity contribution is 7.98. The molecule has 1 unspecified atom stereocenters. The lowest BCUT2D eigenvalue weighted by Gasteiger charge is -2.23. The second-order valence-electron chi connectivity index (χ2n) is 8.81. The molecule has 34 heavy (non-hydrogen) atoms. The van der Waals surface area contributed by atoms with E-state index in [1.807, 2.05) is 64.0 Å². The van der Waals surface area contributed by atoms with E-state index in [0.29, 0.717) is 0 Å². The van der Waals surface area contributed by atoms with Gasteiger partial charge in [-0.2, -0.15) is 0 Å². The zero-order valence-corrected chi connectivity index (χ0v) is 19.8. The molecule has 1 amide bonds. The molecule has 1 aliphatic rings. The van der Waals surface area contributed by atoms with Gasteiger partial charge in [0.25, 0.3) is 5.91 Å². The fourth-order valence-corrected chi connectivity index (χ4v) is 5.45. The molecular weight excluding hydrogens is 442 g/mol. The Morgan fingerprint density at radius 1 is 1.12 bits per heavy atom. The minimum Gasteiger partial charge on any atom is -0.340 e. The van der Waals surface area contributed by atoms with Crippen molar-refractivity contribution in [2.75, 3.05) is 6.54 Å². The van der Waals surface area contributed by atoms with E-state index in [2.05, 4.69) is 35.2 Å². The number of fused-ring (bicyclic) bond motifs is 2. The van der Waals surface area contributed by atoms with E-state index in [4.69, 9.17) is 4.98 Å². The summed E-state index contributed by atoms with van der Waals surface area (Å²) in [6.45, 7) is 2.83. The number of thioether (sulfide) groups is 1. The Balaban J connectivity index is 1.15. The van der Waals surface area contributed by atoms with Gasteiger partial charge >= 0.3 is 0 Å². The van der Waals surface area contributed by atoms with Crippen molar-refractivity contribution in [1.82, 2.24) is 24.3 Å². The van der Waals surface area contributed by atoms with Crippen LogP contribution in [0.25, 0.3) is 16.7 Å². The summed E-state index contributed by atoms with van der Waals surface area (Å²) in [6.07, 6.45) is 5.99. The summed E-state index contributed by atoms with van der Waals surface area (Å²) in [7, 11) is 0. The third kappa shape index (κ3) is 3.96. The quantitative estimate of drug-likeness (QED) is 0.332. The molecule has 3 aromatic heterocycles. The van der Waals surface area contributed by atoms with Gasteiger partial charge in [-0.15, -0.1) is 11.8 Å². The van der Waals surface area contributed by atoms with E-state index >= 15 is 0 Å². The number of aromatic amines is 1. The van der Waals surface area contributed by atoms with Gasteiger partial charge < -0.3 is 14.3 Å². The van der Waals surface area contributed by atoms with Gasteiger partial charge in [0.05, 0.1) is 22.8 Å². The van der Waals surface area contributed by atoms with Gasteiger partial charge in [0.1, 0.15) is 11.5 Å². The molecule has 0 spiro atoms. The molecule has 5 aromatic rings. The number of aromatic nitrogens is 4. The Hall–Kier alpha value is -3.58. The molecule has 6 nitrogen and oxygen atoms in total. The topological polar surface area (TPSA) is 66.3 Å².